The van der Waals surface area contributed by atoms with Crippen molar-refractivity contribution >= 4 is 35.6 Å². The lowest BCUT2D eigenvalue weighted by Crippen LogP contribution is -2.36. The molecule has 1 aromatic carbocycles. The van der Waals surface area contributed by atoms with Gasteiger partial charge in [-0.05, 0) is 30.5 Å². The number of nitrogens with zero attached hydrogens (tertiary/aromatic N) is 4. The quantitative estimate of drug-likeness (QED) is 0.0811. The number of nitrogens with two attached hydrogens (primary N) is 1. The van der Waals surface area contributed by atoms with Crippen molar-refractivity contribution < 1.29 is 71.6 Å². The summed E-state index contributed by atoms with van der Waals surface area (Å²) >= 11 is 0. The second kappa shape index (κ2) is 37.4. The van der Waals surface area contributed by atoms with E-state index in [4.69, 9.17) is 62.9 Å². The Morgan fingerprint density at radius 3 is 1.59 bits per heavy atom. The van der Waals surface area contributed by atoms with Gasteiger partial charge in [-0.25, -0.2) is 19.8 Å². The summed E-state index contributed by atoms with van der Waals surface area (Å²) in [6.07, 6.45) is 7.78. The Labute approximate surface area is 387 Å². The number of carbonyl (C=O) groups is 3. The maximum Gasteiger partial charge on any atom is 0.407 e. The normalized spacial score (nSPS) is 12.3. The van der Waals surface area contributed by atoms with Gasteiger partial charge < -0.3 is 73.2 Å². The van der Waals surface area contributed by atoms with E-state index in [-0.39, 0.29) is 38.6 Å². The molecule has 0 aliphatic carbocycles. The van der Waals surface area contributed by atoms with Crippen molar-refractivity contribution in [3.8, 4) is 11.1 Å². The number of rotatable bonds is 41. The summed E-state index contributed by atoms with van der Waals surface area (Å²) < 4.78 is 59.4. The van der Waals surface area contributed by atoms with Crippen LogP contribution in [0.3, 0.4) is 0 Å². The molecule has 1 aliphatic heterocycles. The number of nitrogens with one attached hydrogen (secondary N) is 1. The summed E-state index contributed by atoms with van der Waals surface area (Å²) in [5, 5.41) is 11.2. The molecular weight excluding hydrogens is 865 g/mol. The number of alkyl carbamates (subject to hydrolysis) is 1. The van der Waals surface area contributed by atoms with Gasteiger partial charge in [0, 0.05) is 55.1 Å². The second-order valence-corrected chi connectivity index (χ2v) is 14.3. The number of aliphatic carboxylic acids is 1. The number of carboxylic acid groups (broad SMARTS) is 1. The first-order valence-corrected chi connectivity index (χ1v) is 22.5. The van der Waals surface area contributed by atoms with Crippen molar-refractivity contribution in [1.82, 2.24) is 20.2 Å². The zero-order valence-electron chi connectivity index (χ0n) is 38.4. The Balaban J connectivity index is 1.05. The number of amidine groups is 1. The summed E-state index contributed by atoms with van der Waals surface area (Å²) in [6, 6.07) is 5.78. The lowest BCUT2D eigenvalue weighted by Gasteiger charge is -2.23. The first-order valence-electron chi connectivity index (χ1n) is 22.5. The van der Waals surface area contributed by atoms with Crippen LogP contribution in [-0.4, -0.2) is 202 Å². The van der Waals surface area contributed by atoms with Gasteiger partial charge in [-0.1, -0.05) is 19.1 Å². The van der Waals surface area contributed by atoms with Crippen molar-refractivity contribution in [3.63, 3.8) is 0 Å². The monoisotopic (exact) mass is 934 g/mol. The van der Waals surface area contributed by atoms with Gasteiger partial charge in [0.25, 0.3) is 0 Å². The average Bonchev–Trinajstić information content (AvgIpc) is 3.49. The number of hydrogen-bond donors (Lipinski definition) is 3. The van der Waals surface area contributed by atoms with Crippen LogP contribution >= 0.6 is 0 Å². The van der Waals surface area contributed by atoms with Gasteiger partial charge in [0.15, 0.2) is 0 Å². The summed E-state index contributed by atoms with van der Waals surface area (Å²) in [7, 11) is 0. The van der Waals surface area contributed by atoms with E-state index in [0.29, 0.717) is 162 Å². The van der Waals surface area contributed by atoms with Crippen LogP contribution in [0.25, 0.3) is 17.2 Å². The molecule has 0 radical (unpaired) electrons. The lowest BCUT2D eigenvalue weighted by molar-refractivity contribution is -0.138. The van der Waals surface area contributed by atoms with Gasteiger partial charge >= 0.3 is 12.1 Å². The fourth-order valence-corrected chi connectivity index (χ4v) is 5.89. The van der Waals surface area contributed by atoms with Gasteiger partial charge in [0.1, 0.15) is 18.8 Å². The lowest BCUT2D eigenvalue weighted by atomic mass is 10.0. The molecule has 21 nitrogen and oxygen atoms in total. The van der Waals surface area contributed by atoms with Crippen LogP contribution in [0.1, 0.15) is 38.2 Å². The van der Waals surface area contributed by atoms with E-state index in [1.165, 1.54) is 6.33 Å². The van der Waals surface area contributed by atoms with E-state index in [0.717, 1.165) is 23.1 Å². The molecule has 2 aromatic rings. The third kappa shape index (κ3) is 27.1. The standard InChI is InChI=1S/C45H70N6O15/c1-2-8-51(44(54)39-31-38-5-4-37(40-34-47-36-48-35-40)32-41(38)50-42(46)33-39)9-3-7-49-45(55)66-30-29-65-28-27-64-26-25-63-24-23-62-22-21-61-20-19-60-18-17-59-16-15-58-14-13-57-12-11-56-10-6-43(52)53/h4-5,31-32,34-36H,2-3,6-30,33H2,1H3,(H2,46,50)(H,49,55)(H,52,53). The third-order valence-electron chi connectivity index (χ3n) is 9.09. The maximum absolute atomic E-state index is 13.6. The summed E-state index contributed by atoms with van der Waals surface area (Å²) in [5.74, 6) is -0.641. The molecule has 4 N–H and O–H groups in total. The molecule has 21 heteroatoms. The number of amides is 2. The van der Waals surface area contributed by atoms with E-state index >= 15 is 0 Å². The number of aromatic nitrogens is 2. The minimum Gasteiger partial charge on any atom is -0.481 e. The van der Waals surface area contributed by atoms with E-state index in [1.54, 1.807) is 17.3 Å². The Morgan fingerprint density at radius 2 is 1.12 bits per heavy atom. The number of carbonyl (C=O) groups excluding carboxylic acids is 2. The van der Waals surface area contributed by atoms with Gasteiger partial charge in [-0.3, -0.25) is 9.59 Å². The molecule has 66 heavy (non-hydrogen) atoms. The molecule has 3 rings (SSSR count). The second-order valence-electron chi connectivity index (χ2n) is 14.3. The topological polar surface area (TPSA) is 252 Å². The third-order valence-corrected chi connectivity index (χ3v) is 9.09. The fraction of sp³-hybridized carbons (Fsp3) is 0.644. The Kier molecular flexibility index (Phi) is 31.5. The molecule has 0 fully saturated rings. The smallest absolute Gasteiger partial charge is 0.407 e. The van der Waals surface area contributed by atoms with Crippen LogP contribution < -0.4 is 11.1 Å². The van der Waals surface area contributed by atoms with Gasteiger partial charge in [0.2, 0.25) is 5.91 Å². The van der Waals surface area contributed by atoms with E-state index < -0.39 is 12.1 Å². The molecule has 0 atom stereocenters. The number of ether oxygens (including phenoxy) is 11. The van der Waals surface area contributed by atoms with Crippen molar-refractivity contribution in [2.24, 2.45) is 10.7 Å². The highest BCUT2D eigenvalue weighted by molar-refractivity contribution is 6.05. The Hall–Kier alpha value is -4.68. The van der Waals surface area contributed by atoms with Crippen LogP contribution in [0, 0.1) is 0 Å². The van der Waals surface area contributed by atoms with Crippen molar-refractivity contribution in [1.29, 1.82) is 0 Å². The van der Waals surface area contributed by atoms with Crippen LogP contribution in [0.15, 0.2) is 47.5 Å². The zero-order chi connectivity index (χ0) is 47.1. The van der Waals surface area contributed by atoms with Gasteiger partial charge in [-0.2, -0.15) is 0 Å². The van der Waals surface area contributed by atoms with E-state index in [9.17, 15) is 14.4 Å². The molecule has 2 amide bonds. The molecule has 0 bridgehead atoms. The summed E-state index contributed by atoms with van der Waals surface area (Å²) in [6.45, 7) is 11.6. The minimum atomic E-state index is -0.884. The van der Waals surface area contributed by atoms with E-state index in [1.807, 2.05) is 31.2 Å². The Bertz CT molecular complexity index is 1670. The number of hydrogen-bond acceptors (Lipinski definition) is 18. The molecule has 0 spiro atoms. The summed E-state index contributed by atoms with van der Waals surface area (Å²) in [4.78, 5) is 50.7. The zero-order valence-corrected chi connectivity index (χ0v) is 38.4. The van der Waals surface area contributed by atoms with Crippen LogP contribution in [-0.2, 0) is 61.7 Å². The highest BCUT2D eigenvalue weighted by atomic mass is 16.6. The van der Waals surface area contributed by atoms with Gasteiger partial charge in [0.05, 0.1) is 144 Å². The largest absolute Gasteiger partial charge is 0.481 e. The molecule has 0 saturated heterocycles. The molecular formula is C45H70N6O15. The molecule has 2 heterocycles. The molecule has 0 saturated carbocycles. The molecule has 1 aromatic heterocycles. The van der Waals surface area contributed by atoms with Crippen LogP contribution in [0.5, 0.6) is 0 Å². The minimum absolute atomic E-state index is 0.0140. The number of aliphatic imine (C=N–C) groups is 1. The van der Waals surface area contributed by atoms with Crippen molar-refractivity contribution in [2.45, 2.75) is 32.6 Å². The molecule has 0 unspecified atom stereocenters. The highest BCUT2D eigenvalue weighted by Crippen LogP contribution is 2.31. The van der Waals surface area contributed by atoms with Crippen LogP contribution in [0.4, 0.5) is 10.5 Å². The first kappa shape index (κ1) is 55.6. The van der Waals surface area contributed by atoms with Crippen molar-refractivity contribution in [3.05, 3.63) is 48.1 Å². The fourth-order valence-electron chi connectivity index (χ4n) is 5.89. The predicted octanol–water partition coefficient (Wildman–Crippen LogP) is 2.92. The Morgan fingerprint density at radius 1 is 0.652 bits per heavy atom. The number of benzene rings is 1. The first-order chi connectivity index (χ1) is 32.4. The van der Waals surface area contributed by atoms with Crippen molar-refractivity contribution in [2.75, 3.05) is 158 Å². The molecule has 370 valence electrons. The number of carboxylic acids is 1. The maximum atomic E-state index is 13.6. The predicted molar refractivity (Wildman–Crippen MR) is 243 cm³/mol. The number of fused-ring (bicyclic) bond motifs is 1. The summed E-state index contributed by atoms with van der Waals surface area (Å²) in [5.41, 5.74) is 10.1. The van der Waals surface area contributed by atoms with Gasteiger partial charge in [-0.15, -0.1) is 0 Å². The highest BCUT2D eigenvalue weighted by Gasteiger charge is 2.21. The average molecular weight is 935 g/mol. The van der Waals surface area contributed by atoms with Crippen LogP contribution in [0.2, 0.25) is 0 Å². The molecule has 1 aliphatic rings. The van der Waals surface area contributed by atoms with E-state index in [2.05, 4.69) is 20.3 Å². The SMILES string of the molecule is CCCN(CCCNC(=O)OCCOCCOCCOCCOCCOCCOCCOCCOCCOCCOCCC(=O)O)C(=O)C1=Cc2ccc(-c3cncnc3)cc2N=C(N)C1.